The molecule has 0 aliphatic rings. The highest BCUT2D eigenvalue weighted by molar-refractivity contribution is 7.98. The highest BCUT2D eigenvalue weighted by Gasteiger charge is 2.32. The Kier molecular flexibility index (Phi) is 5.69. The Morgan fingerprint density at radius 3 is 1.72 bits per heavy atom. The predicted molar refractivity (Wildman–Crippen MR) is 106 cm³/mol. The number of rotatable bonds is 6. The van der Waals surface area contributed by atoms with E-state index >= 15 is 0 Å². The van der Waals surface area contributed by atoms with Gasteiger partial charge in [-0.05, 0) is 30.2 Å². The molecule has 0 aliphatic heterocycles. The largest absolute Gasteiger partial charge is 0.380 e. The van der Waals surface area contributed by atoms with Gasteiger partial charge in [-0.15, -0.1) is 0 Å². The molecule has 0 unspecified atom stereocenters. The lowest BCUT2D eigenvalue weighted by Gasteiger charge is -2.29. The van der Waals surface area contributed by atoms with Crippen LogP contribution in [0.15, 0.2) is 100 Å². The van der Waals surface area contributed by atoms with E-state index in [1.807, 2.05) is 97.9 Å². The zero-order chi connectivity index (χ0) is 17.5. The Morgan fingerprint density at radius 2 is 1.24 bits per heavy atom. The van der Waals surface area contributed by atoms with Crippen molar-refractivity contribution in [1.82, 2.24) is 0 Å². The summed E-state index contributed by atoms with van der Waals surface area (Å²) in [7, 11) is 0. The SMILES string of the molecule is CC(CC(O)(c1ccccc1)c1ccccc1)=NSc1ccccc1. The number of aliphatic hydroxyl groups is 1. The molecule has 0 aromatic heterocycles. The highest BCUT2D eigenvalue weighted by atomic mass is 32.2. The first-order chi connectivity index (χ1) is 12.2. The molecule has 0 aliphatic carbocycles. The minimum absolute atomic E-state index is 0.445. The van der Waals surface area contributed by atoms with Gasteiger partial charge in [0, 0.05) is 29.0 Å². The maximum atomic E-state index is 11.5. The Labute approximate surface area is 153 Å². The third-order valence-corrected chi connectivity index (χ3v) is 4.95. The molecule has 0 radical (unpaired) electrons. The molecule has 0 fully saturated rings. The fraction of sp³-hybridized carbons (Fsp3) is 0.136. The molecule has 25 heavy (non-hydrogen) atoms. The predicted octanol–water partition coefficient (Wildman–Crippen LogP) is 5.48. The molecule has 0 heterocycles. The number of nitrogens with zero attached hydrogens (tertiary/aromatic N) is 1. The molecule has 3 aromatic carbocycles. The van der Waals surface area contributed by atoms with E-state index in [4.69, 9.17) is 0 Å². The molecule has 126 valence electrons. The molecular formula is C22H21NOS. The maximum absolute atomic E-state index is 11.5. The minimum atomic E-state index is -1.09. The number of benzene rings is 3. The van der Waals surface area contributed by atoms with Crippen molar-refractivity contribution in [1.29, 1.82) is 0 Å². The van der Waals surface area contributed by atoms with Crippen LogP contribution in [-0.4, -0.2) is 10.8 Å². The summed E-state index contributed by atoms with van der Waals surface area (Å²) < 4.78 is 4.60. The van der Waals surface area contributed by atoms with Crippen LogP contribution >= 0.6 is 11.9 Å². The van der Waals surface area contributed by atoms with E-state index in [9.17, 15) is 5.11 Å². The van der Waals surface area contributed by atoms with Crippen LogP contribution in [0.25, 0.3) is 0 Å². The van der Waals surface area contributed by atoms with E-state index in [1.54, 1.807) is 0 Å². The average molecular weight is 347 g/mol. The zero-order valence-corrected chi connectivity index (χ0v) is 15.0. The van der Waals surface area contributed by atoms with E-state index in [0.717, 1.165) is 21.7 Å². The first-order valence-electron chi connectivity index (χ1n) is 8.27. The number of hydrogen-bond acceptors (Lipinski definition) is 3. The lowest BCUT2D eigenvalue weighted by atomic mass is 9.82. The van der Waals surface area contributed by atoms with E-state index in [-0.39, 0.29) is 0 Å². The summed E-state index contributed by atoms with van der Waals surface area (Å²) in [5, 5.41) is 11.5. The van der Waals surface area contributed by atoms with Crippen LogP contribution in [0.4, 0.5) is 0 Å². The van der Waals surface area contributed by atoms with Crippen molar-refractivity contribution in [3.8, 4) is 0 Å². The van der Waals surface area contributed by atoms with Gasteiger partial charge in [-0.25, -0.2) is 4.40 Å². The molecule has 0 amide bonds. The third kappa shape index (κ3) is 4.38. The second-order valence-corrected chi connectivity index (χ2v) is 6.84. The summed E-state index contributed by atoms with van der Waals surface area (Å²) in [6, 6.07) is 29.6. The van der Waals surface area contributed by atoms with Crippen molar-refractivity contribution in [2.24, 2.45) is 4.40 Å². The van der Waals surface area contributed by atoms with Crippen LogP contribution in [0.2, 0.25) is 0 Å². The Balaban J connectivity index is 1.88. The van der Waals surface area contributed by atoms with Crippen molar-refractivity contribution in [3.05, 3.63) is 102 Å². The molecule has 0 spiro atoms. The first kappa shape index (κ1) is 17.5. The normalized spacial score (nSPS) is 12.2. The topological polar surface area (TPSA) is 32.6 Å². The molecule has 0 saturated carbocycles. The standard InChI is InChI=1S/C22H21NOS/c1-18(23-25-21-15-9-4-10-16-21)17-22(24,19-11-5-2-6-12-19)20-13-7-3-8-14-20/h2-16,24H,17H2,1H3. The fourth-order valence-electron chi connectivity index (χ4n) is 2.81. The van der Waals surface area contributed by atoms with Crippen molar-refractivity contribution in [3.63, 3.8) is 0 Å². The lowest BCUT2D eigenvalue weighted by Crippen LogP contribution is -2.29. The monoisotopic (exact) mass is 347 g/mol. The lowest BCUT2D eigenvalue weighted by molar-refractivity contribution is 0.0889. The van der Waals surface area contributed by atoms with Gasteiger partial charge in [0.2, 0.25) is 0 Å². The Morgan fingerprint density at radius 1 is 0.800 bits per heavy atom. The minimum Gasteiger partial charge on any atom is -0.380 e. The van der Waals surface area contributed by atoms with E-state index in [2.05, 4.69) is 4.40 Å². The summed E-state index contributed by atoms with van der Waals surface area (Å²) in [6.07, 6.45) is 0.445. The van der Waals surface area contributed by atoms with Crippen LogP contribution in [0, 0.1) is 0 Å². The van der Waals surface area contributed by atoms with Gasteiger partial charge in [-0.2, -0.15) is 0 Å². The Bertz CT molecular complexity index is 777. The van der Waals surface area contributed by atoms with Crippen LogP contribution in [0.5, 0.6) is 0 Å². The summed E-state index contributed by atoms with van der Waals surface area (Å²) in [6.45, 7) is 1.97. The van der Waals surface area contributed by atoms with Gasteiger partial charge in [0.25, 0.3) is 0 Å². The van der Waals surface area contributed by atoms with Crippen molar-refractivity contribution in [2.75, 3.05) is 0 Å². The molecule has 0 atom stereocenters. The van der Waals surface area contributed by atoms with Crippen molar-refractivity contribution < 1.29 is 5.11 Å². The second kappa shape index (κ2) is 8.15. The quantitative estimate of drug-likeness (QED) is 0.473. The molecule has 3 rings (SSSR count). The highest BCUT2D eigenvalue weighted by Crippen LogP contribution is 2.34. The van der Waals surface area contributed by atoms with Gasteiger partial charge < -0.3 is 5.11 Å². The van der Waals surface area contributed by atoms with Gasteiger partial charge in [-0.1, -0.05) is 78.9 Å². The van der Waals surface area contributed by atoms with Gasteiger partial charge in [0.15, 0.2) is 0 Å². The fourth-order valence-corrected chi connectivity index (χ4v) is 3.42. The summed E-state index contributed by atoms with van der Waals surface area (Å²) in [5.41, 5.74) is 1.55. The van der Waals surface area contributed by atoms with Crippen molar-refractivity contribution >= 4 is 17.7 Å². The van der Waals surface area contributed by atoms with Crippen molar-refractivity contribution in [2.45, 2.75) is 23.8 Å². The first-order valence-corrected chi connectivity index (χ1v) is 9.05. The van der Waals surface area contributed by atoms with Crippen LogP contribution in [-0.2, 0) is 5.60 Å². The molecule has 0 bridgehead atoms. The summed E-state index contributed by atoms with van der Waals surface area (Å²) in [5.74, 6) is 0. The summed E-state index contributed by atoms with van der Waals surface area (Å²) in [4.78, 5) is 1.09. The van der Waals surface area contributed by atoms with Crippen LogP contribution in [0.1, 0.15) is 24.5 Å². The zero-order valence-electron chi connectivity index (χ0n) is 14.2. The molecule has 0 saturated heterocycles. The molecule has 3 heteroatoms. The second-order valence-electron chi connectivity index (χ2n) is 6.00. The third-order valence-electron chi connectivity index (χ3n) is 4.06. The maximum Gasteiger partial charge on any atom is 0.120 e. The van der Waals surface area contributed by atoms with Gasteiger partial charge in [-0.3, -0.25) is 0 Å². The Hall–Kier alpha value is -2.36. The average Bonchev–Trinajstić information content (AvgIpc) is 2.68. The molecule has 2 nitrogen and oxygen atoms in total. The van der Waals surface area contributed by atoms with E-state index < -0.39 is 5.60 Å². The van der Waals surface area contributed by atoms with Crippen LogP contribution < -0.4 is 0 Å². The van der Waals surface area contributed by atoms with E-state index in [1.165, 1.54) is 11.9 Å². The van der Waals surface area contributed by atoms with Gasteiger partial charge >= 0.3 is 0 Å². The smallest absolute Gasteiger partial charge is 0.120 e. The molecule has 1 N–H and O–H groups in total. The summed E-state index contributed by atoms with van der Waals surface area (Å²) >= 11 is 1.44. The van der Waals surface area contributed by atoms with Gasteiger partial charge in [0.05, 0.1) is 0 Å². The number of hydrogen-bond donors (Lipinski definition) is 1. The van der Waals surface area contributed by atoms with Crippen LogP contribution in [0.3, 0.4) is 0 Å². The van der Waals surface area contributed by atoms with Gasteiger partial charge in [0.1, 0.15) is 5.60 Å². The molecule has 3 aromatic rings. The molecular weight excluding hydrogens is 326 g/mol. The van der Waals surface area contributed by atoms with E-state index in [0.29, 0.717) is 6.42 Å².